The van der Waals surface area contributed by atoms with E-state index in [1.165, 1.54) is 45.3 Å². The SMILES string of the molecule is CCCNC1CCN(C2CC(C)C2)C1. The molecule has 2 aliphatic rings. The summed E-state index contributed by atoms with van der Waals surface area (Å²) in [6.45, 7) is 8.45. The van der Waals surface area contributed by atoms with Crippen LogP contribution in [0.2, 0.25) is 0 Å². The van der Waals surface area contributed by atoms with Crippen molar-refractivity contribution in [3.05, 3.63) is 0 Å². The third-order valence-electron chi connectivity index (χ3n) is 3.77. The van der Waals surface area contributed by atoms with Crippen LogP contribution in [0.15, 0.2) is 0 Å². The summed E-state index contributed by atoms with van der Waals surface area (Å²) >= 11 is 0. The second-order valence-corrected chi connectivity index (χ2v) is 5.17. The highest BCUT2D eigenvalue weighted by atomic mass is 15.2. The van der Waals surface area contributed by atoms with Crippen LogP contribution in [0.1, 0.15) is 39.5 Å². The van der Waals surface area contributed by atoms with Gasteiger partial charge in [-0.15, -0.1) is 0 Å². The van der Waals surface area contributed by atoms with E-state index in [1.807, 2.05) is 0 Å². The van der Waals surface area contributed by atoms with E-state index < -0.39 is 0 Å². The Balaban J connectivity index is 1.67. The molecule has 14 heavy (non-hydrogen) atoms. The van der Waals surface area contributed by atoms with Crippen molar-refractivity contribution >= 4 is 0 Å². The number of nitrogens with zero attached hydrogens (tertiary/aromatic N) is 1. The van der Waals surface area contributed by atoms with Gasteiger partial charge in [-0.25, -0.2) is 0 Å². The van der Waals surface area contributed by atoms with Crippen molar-refractivity contribution in [1.29, 1.82) is 0 Å². The molecule has 1 heterocycles. The van der Waals surface area contributed by atoms with Gasteiger partial charge in [0.15, 0.2) is 0 Å². The number of nitrogens with one attached hydrogen (secondary N) is 1. The van der Waals surface area contributed by atoms with Gasteiger partial charge >= 0.3 is 0 Å². The fourth-order valence-electron chi connectivity index (χ4n) is 2.79. The molecule has 1 aliphatic heterocycles. The Morgan fingerprint density at radius 2 is 2.14 bits per heavy atom. The Bertz CT molecular complexity index is 175. The van der Waals surface area contributed by atoms with E-state index in [0.29, 0.717) is 0 Å². The summed E-state index contributed by atoms with van der Waals surface area (Å²) in [6.07, 6.45) is 5.52. The monoisotopic (exact) mass is 196 g/mol. The second kappa shape index (κ2) is 4.63. The lowest BCUT2D eigenvalue weighted by molar-refractivity contribution is 0.107. The first-order valence-electron chi connectivity index (χ1n) is 6.27. The number of hydrogen-bond donors (Lipinski definition) is 1. The summed E-state index contributed by atoms with van der Waals surface area (Å²) in [5.74, 6) is 0.989. The van der Waals surface area contributed by atoms with Gasteiger partial charge in [-0.05, 0) is 38.1 Å². The summed E-state index contributed by atoms with van der Waals surface area (Å²) in [6, 6.07) is 1.71. The van der Waals surface area contributed by atoms with E-state index >= 15 is 0 Å². The summed E-state index contributed by atoms with van der Waals surface area (Å²) in [7, 11) is 0. The molecular formula is C12H24N2. The van der Waals surface area contributed by atoms with Crippen LogP contribution in [-0.4, -0.2) is 36.6 Å². The van der Waals surface area contributed by atoms with Crippen molar-refractivity contribution in [2.24, 2.45) is 5.92 Å². The van der Waals surface area contributed by atoms with E-state index in [0.717, 1.165) is 18.0 Å². The smallest absolute Gasteiger partial charge is 0.0207 e. The maximum atomic E-state index is 3.63. The van der Waals surface area contributed by atoms with Crippen molar-refractivity contribution < 1.29 is 0 Å². The Kier molecular flexibility index (Phi) is 3.45. The first kappa shape index (κ1) is 10.4. The Hall–Kier alpha value is -0.0800. The van der Waals surface area contributed by atoms with Crippen LogP contribution in [0.3, 0.4) is 0 Å². The fourth-order valence-corrected chi connectivity index (χ4v) is 2.79. The molecule has 2 fully saturated rings. The van der Waals surface area contributed by atoms with Gasteiger partial charge in [0, 0.05) is 25.2 Å². The predicted molar refractivity (Wildman–Crippen MR) is 60.5 cm³/mol. The zero-order valence-corrected chi connectivity index (χ0v) is 9.63. The molecule has 1 N–H and O–H groups in total. The molecule has 2 nitrogen and oxygen atoms in total. The van der Waals surface area contributed by atoms with Gasteiger partial charge in [-0.2, -0.15) is 0 Å². The molecule has 1 saturated carbocycles. The standard InChI is InChI=1S/C12H24N2/c1-3-5-13-11-4-6-14(9-11)12-7-10(2)8-12/h10-13H,3-9H2,1-2H3. The van der Waals surface area contributed by atoms with Gasteiger partial charge in [0.2, 0.25) is 0 Å². The highest BCUT2D eigenvalue weighted by molar-refractivity contribution is 4.91. The van der Waals surface area contributed by atoms with Gasteiger partial charge in [-0.3, -0.25) is 4.90 Å². The molecular weight excluding hydrogens is 172 g/mol. The molecule has 0 aromatic heterocycles. The quantitative estimate of drug-likeness (QED) is 0.738. The van der Waals surface area contributed by atoms with E-state index in [9.17, 15) is 0 Å². The topological polar surface area (TPSA) is 15.3 Å². The van der Waals surface area contributed by atoms with E-state index in [1.54, 1.807) is 0 Å². The molecule has 0 radical (unpaired) electrons. The van der Waals surface area contributed by atoms with Crippen LogP contribution in [0.25, 0.3) is 0 Å². The molecule has 1 aliphatic carbocycles. The number of hydrogen-bond acceptors (Lipinski definition) is 2. The molecule has 82 valence electrons. The van der Waals surface area contributed by atoms with E-state index in [4.69, 9.17) is 0 Å². The molecule has 0 aromatic carbocycles. The minimum atomic E-state index is 0.783. The molecule has 1 unspecified atom stereocenters. The molecule has 0 bridgehead atoms. The first-order chi connectivity index (χ1) is 6.79. The lowest BCUT2D eigenvalue weighted by Gasteiger charge is -2.39. The lowest BCUT2D eigenvalue weighted by Crippen LogP contribution is -2.44. The molecule has 1 atom stereocenters. The predicted octanol–water partition coefficient (Wildman–Crippen LogP) is 1.86. The normalized spacial score (nSPS) is 38.6. The van der Waals surface area contributed by atoms with Crippen LogP contribution in [0.4, 0.5) is 0 Å². The fraction of sp³-hybridized carbons (Fsp3) is 1.00. The second-order valence-electron chi connectivity index (χ2n) is 5.17. The van der Waals surface area contributed by atoms with Gasteiger partial charge < -0.3 is 5.32 Å². The van der Waals surface area contributed by atoms with Crippen molar-refractivity contribution in [3.63, 3.8) is 0 Å². The maximum Gasteiger partial charge on any atom is 0.0207 e. The Morgan fingerprint density at radius 3 is 2.79 bits per heavy atom. The molecule has 1 saturated heterocycles. The van der Waals surface area contributed by atoms with Gasteiger partial charge in [0.05, 0.1) is 0 Å². The van der Waals surface area contributed by atoms with Crippen molar-refractivity contribution in [3.8, 4) is 0 Å². The summed E-state index contributed by atoms with van der Waals surface area (Å²) in [4.78, 5) is 2.70. The third-order valence-corrected chi connectivity index (χ3v) is 3.77. The maximum absolute atomic E-state index is 3.63. The zero-order valence-electron chi connectivity index (χ0n) is 9.63. The van der Waals surface area contributed by atoms with Crippen LogP contribution < -0.4 is 5.32 Å². The van der Waals surface area contributed by atoms with Crippen LogP contribution in [0, 0.1) is 5.92 Å². The minimum Gasteiger partial charge on any atom is -0.313 e. The number of rotatable bonds is 4. The molecule has 0 amide bonds. The Morgan fingerprint density at radius 1 is 1.36 bits per heavy atom. The van der Waals surface area contributed by atoms with Gasteiger partial charge in [0.1, 0.15) is 0 Å². The van der Waals surface area contributed by atoms with Crippen molar-refractivity contribution in [2.75, 3.05) is 19.6 Å². The van der Waals surface area contributed by atoms with Gasteiger partial charge in [-0.1, -0.05) is 13.8 Å². The first-order valence-corrected chi connectivity index (χ1v) is 6.27. The molecule has 2 heteroatoms. The Labute approximate surface area is 88.1 Å². The number of likely N-dealkylation sites (tertiary alicyclic amines) is 1. The average Bonchev–Trinajstić information content (AvgIpc) is 2.58. The van der Waals surface area contributed by atoms with E-state index in [-0.39, 0.29) is 0 Å². The lowest BCUT2D eigenvalue weighted by atomic mass is 9.81. The summed E-state index contributed by atoms with van der Waals surface area (Å²) < 4.78 is 0. The van der Waals surface area contributed by atoms with Crippen LogP contribution in [0.5, 0.6) is 0 Å². The highest BCUT2D eigenvalue weighted by Crippen LogP contribution is 2.32. The third kappa shape index (κ3) is 2.29. The molecule has 0 spiro atoms. The average molecular weight is 196 g/mol. The van der Waals surface area contributed by atoms with Crippen LogP contribution in [-0.2, 0) is 0 Å². The highest BCUT2D eigenvalue weighted by Gasteiger charge is 2.34. The molecule has 0 aromatic rings. The zero-order chi connectivity index (χ0) is 9.97. The van der Waals surface area contributed by atoms with E-state index in [2.05, 4.69) is 24.1 Å². The minimum absolute atomic E-state index is 0.783. The van der Waals surface area contributed by atoms with Crippen molar-refractivity contribution in [2.45, 2.75) is 51.6 Å². The van der Waals surface area contributed by atoms with Crippen molar-refractivity contribution in [1.82, 2.24) is 10.2 Å². The summed E-state index contributed by atoms with van der Waals surface area (Å²) in [5.41, 5.74) is 0. The van der Waals surface area contributed by atoms with Crippen LogP contribution >= 0.6 is 0 Å². The summed E-state index contributed by atoms with van der Waals surface area (Å²) in [5, 5.41) is 3.63. The largest absolute Gasteiger partial charge is 0.313 e. The molecule has 2 rings (SSSR count). The van der Waals surface area contributed by atoms with Gasteiger partial charge in [0.25, 0.3) is 0 Å².